The third-order valence-electron chi connectivity index (χ3n) is 6.57. The van der Waals surface area contributed by atoms with Crippen LogP contribution >= 0.6 is 0 Å². The third-order valence-corrected chi connectivity index (χ3v) is 6.57. The highest BCUT2D eigenvalue weighted by molar-refractivity contribution is 5.89. The molecule has 3 heterocycles. The third kappa shape index (κ3) is 5.79. The summed E-state index contributed by atoms with van der Waals surface area (Å²) in [4.78, 5) is 30.2. The molecular weight excluding hydrogens is 472 g/mol. The Kier molecular flexibility index (Phi) is 7.16. The monoisotopic (exact) mass is 502 g/mol. The Balaban J connectivity index is 1.44. The number of carbonyl (C=O) groups is 2. The number of nitrogens with zero attached hydrogens (tertiary/aromatic N) is 5. The summed E-state index contributed by atoms with van der Waals surface area (Å²) >= 11 is 0. The lowest BCUT2D eigenvalue weighted by atomic mass is 10.0. The minimum Gasteiger partial charge on any atom is -0.467 e. The first-order valence-electron chi connectivity index (χ1n) is 12.5. The summed E-state index contributed by atoms with van der Waals surface area (Å²) in [5, 5.41) is 15.5. The van der Waals surface area contributed by atoms with Gasteiger partial charge in [-0.2, -0.15) is 4.80 Å². The Hall–Kier alpha value is -4.21. The predicted molar refractivity (Wildman–Crippen MR) is 134 cm³/mol. The molecule has 0 aliphatic heterocycles. The topological polar surface area (TPSA) is 119 Å². The van der Waals surface area contributed by atoms with E-state index < -0.39 is 6.04 Å². The first-order chi connectivity index (χ1) is 18.0. The summed E-state index contributed by atoms with van der Waals surface area (Å²) in [7, 11) is 0. The van der Waals surface area contributed by atoms with E-state index in [2.05, 4.69) is 20.7 Å². The summed E-state index contributed by atoms with van der Waals surface area (Å²) in [6, 6.07) is 14.0. The summed E-state index contributed by atoms with van der Waals surface area (Å²) in [6.07, 6.45) is 5.61. The molecule has 1 aliphatic rings. The maximum Gasteiger partial charge on any atom is 0.247 e. The fourth-order valence-corrected chi connectivity index (χ4v) is 4.64. The van der Waals surface area contributed by atoms with Gasteiger partial charge < -0.3 is 19.1 Å². The van der Waals surface area contributed by atoms with E-state index >= 15 is 0 Å². The molecule has 192 valence electrons. The largest absolute Gasteiger partial charge is 0.467 e. The Morgan fingerprint density at radius 1 is 1.11 bits per heavy atom. The molecule has 3 aromatic heterocycles. The maximum atomic E-state index is 13.8. The van der Waals surface area contributed by atoms with Gasteiger partial charge in [-0.3, -0.25) is 9.59 Å². The molecule has 1 aromatic carbocycles. The van der Waals surface area contributed by atoms with E-state index in [1.165, 1.54) is 9.70 Å². The number of tetrazole rings is 1. The van der Waals surface area contributed by atoms with Gasteiger partial charge in [-0.15, -0.1) is 10.2 Å². The molecule has 1 unspecified atom stereocenters. The van der Waals surface area contributed by atoms with E-state index in [-0.39, 0.29) is 36.8 Å². The van der Waals surface area contributed by atoms with Crippen molar-refractivity contribution < 1.29 is 18.4 Å². The van der Waals surface area contributed by atoms with Crippen molar-refractivity contribution in [3.63, 3.8) is 0 Å². The second kappa shape index (κ2) is 10.8. The van der Waals surface area contributed by atoms with Crippen molar-refractivity contribution >= 4 is 11.8 Å². The van der Waals surface area contributed by atoms with Crippen molar-refractivity contribution in [1.29, 1.82) is 0 Å². The van der Waals surface area contributed by atoms with E-state index in [1.54, 1.807) is 30.5 Å². The highest BCUT2D eigenvalue weighted by Crippen LogP contribution is 2.27. The van der Waals surface area contributed by atoms with Gasteiger partial charge >= 0.3 is 0 Å². The first-order valence-corrected chi connectivity index (χ1v) is 12.5. The van der Waals surface area contributed by atoms with Gasteiger partial charge in [-0.25, -0.2) is 0 Å². The lowest BCUT2D eigenvalue weighted by Crippen LogP contribution is -2.46. The number of hydrogen-bond acceptors (Lipinski definition) is 7. The van der Waals surface area contributed by atoms with Crippen LogP contribution in [0.1, 0.15) is 54.4 Å². The lowest BCUT2D eigenvalue weighted by molar-refractivity contribution is -0.143. The molecule has 5 rings (SSSR count). The molecule has 1 atom stereocenters. The molecule has 2 amide bonds. The molecule has 0 saturated heterocycles. The van der Waals surface area contributed by atoms with Crippen LogP contribution in [-0.2, 0) is 22.7 Å². The highest BCUT2D eigenvalue weighted by atomic mass is 16.3. The molecule has 0 radical (unpaired) electrons. The van der Waals surface area contributed by atoms with E-state index in [9.17, 15) is 9.59 Å². The zero-order chi connectivity index (χ0) is 25.8. The maximum absolute atomic E-state index is 13.8. The van der Waals surface area contributed by atoms with Gasteiger partial charge in [0.25, 0.3) is 0 Å². The van der Waals surface area contributed by atoms with Crippen LogP contribution in [0.25, 0.3) is 11.6 Å². The molecular formula is C27H30N6O4. The molecule has 10 nitrogen and oxygen atoms in total. The fourth-order valence-electron chi connectivity index (χ4n) is 4.64. The molecule has 1 aliphatic carbocycles. The van der Waals surface area contributed by atoms with Crippen LogP contribution in [0.4, 0.5) is 0 Å². The quantitative estimate of drug-likeness (QED) is 0.368. The van der Waals surface area contributed by atoms with E-state index in [1.807, 2.05) is 38.1 Å². The zero-order valence-electron chi connectivity index (χ0n) is 21.0. The number of nitrogens with one attached hydrogen (secondary N) is 1. The van der Waals surface area contributed by atoms with Crippen molar-refractivity contribution in [2.24, 2.45) is 0 Å². The molecule has 37 heavy (non-hydrogen) atoms. The van der Waals surface area contributed by atoms with Crippen LogP contribution in [0.2, 0.25) is 0 Å². The lowest BCUT2D eigenvalue weighted by Gasteiger charge is -2.31. The molecule has 1 N–H and O–H groups in total. The number of amides is 2. The minimum absolute atomic E-state index is 0.109. The normalized spacial score (nSPS) is 14.5. The van der Waals surface area contributed by atoms with Gasteiger partial charge in [0.15, 0.2) is 5.76 Å². The van der Waals surface area contributed by atoms with Crippen LogP contribution in [-0.4, -0.2) is 43.0 Å². The van der Waals surface area contributed by atoms with Gasteiger partial charge in [0.1, 0.15) is 24.1 Å². The average molecular weight is 503 g/mol. The average Bonchev–Trinajstić information content (AvgIpc) is 3.69. The van der Waals surface area contributed by atoms with E-state index in [4.69, 9.17) is 8.83 Å². The number of carbonyl (C=O) groups excluding carboxylic acids is 2. The summed E-state index contributed by atoms with van der Waals surface area (Å²) in [6.45, 7) is 3.72. The van der Waals surface area contributed by atoms with Crippen molar-refractivity contribution in [2.45, 2.75) is 64.7 Å². The van der Waals surface area contributed by atoms with Gasteiger partial charge in [0.2, 0.25) is 17.6 Å². The molecule has 10 heteroatoms. The second-order valence-corrected chi connectivity index (χ2v) is 9.46. The van der Waals surface area contributed by atoms with Crippen molar-refractivity contribution in [3.05, 3.63) is 77.4 Å². The van der Waals surface area contributed by atoms with Gasteiger partial charge in [-0.1, -0.05) is 42.7 Å². The number of aryl methyl sites for hydroxylation is 2. The minimum atomic E-state index is -0.852. The zero-order valence-corrected chi connectivity index (χ0v) is 21.0. The van der Waals surface area contributed by atoms with Crippen LogP contribution in [0.5, 0.6) is 0 Å². The SMILES string of the molecule is Cc1ccc(C(C(=O)NC2CCCC2)N(Cc2ccco2)C(=O)Cn2nnc(-c3ccc(C)o3)n2)cc1. The van der Waals surface area contributed by atoms with Gasteiger partial charge in [-0.05, 0) is 61.7 Å². The molecule has 1 saturated carbocycles. The Labute approximate surface area is 214 Å². The Morgan fingerprint density at radius 3 is 2.57 bits per heavy atom. The summed E-state index contributed by atoms with van der Waals surface area (Å²) in [5.41, 5.74) is 1.79. The van der Waals surface area contributed by atoms with Gasteiger partial charge in [0, 0.05) is 6.04 Å². The van der Waals surface area contributed by atoms with Gasteiger partial charge in [0.05, 0.1) is 12.8 Å². The molecule has 1 fully saturated rings. The molecule has 4 aromatic rings. The van der Waals surface area contributed by atoms with Crippen LogP contribution < -0.4 is 5.32 Å². The van der Waals surface area contributed by atoms with Crippen LogP contribution in [0.15, 0.2) is 63.6 Å². The molecule has 0 spiro atoms. The molecule has 0 bridgehead atoms. The van der Waals surface area contributed by atoms with Crippen molar-refractivity contribution in [1.82, 2.24) is 30.4 Å². The number of hydrogen-bond donors (Lipinski definition) is 1. The van der Waals surface area contributed by atoms with E-state index in [0.29, 0.717) is 11.5 Å². The fraction of sp³-hybridized carbons (Fsp3) is 0.370. The van der Waals surface area contributed by atoms with Crippen LogP contribution in [0.3, 0.4) is 0 Å². The number of aromatic nitrogens is 4. The van der Waals surface area contributed by atoms with Crippen LogP contribution in [0, 0.1) is 13.8 Å². The number of rotatable bonds is 9. The summed E-state index contributed by atoms with van der Waals surface area (Å²) < 4.78 is 11.1. The predicted octanol–water partition coefficient (Wildman–Crippen LogP) is 3.97. The number of benzene rings is 1. The van der Waals surface area contributed by atoms with E-state index in [0.717, 1.165) is 42.6 Å². The standard InChI is InChI=1S/C27H30N6O4/c1-18-9-12-20(13-10-18)25(27(35)28-21-6-3-4-7-21)32(16-22-8-5-15-36-22)24(34)17-33-30-26(29-31-33)23-14-11-19(2)37-23/h5,8-15,21,25H,3-4,6-7,16-17H2,1-2H3,(H,28,35). The summed E-state index contributed by atoms with van der Waals surface area (Å²) in [5.74, 6) is 1.49. The van der Waals surface area contributed by atoms with Crippen molar-refractivity contribution in [2.75, 3.05) is 0 Å². The highest BCUT2D eigenvalue weighted by Gasteiger charge is 2.34. The second-order valence-electron chi connectivity index (χ2n) is 9.46. The van der Waals surface area contributed by atoms with Crippen molar-refractivity contribution in [3.8, 4) is 11.6 Å². The Bertz CT molecular complexity index is 1340. The smallest absolute Gasteiger partial charge is 0.247 e. The first kappa shape index (κ1) is 24.5. The number of furan rings is 2. The Morgan fingerprint density at radius 2 is 1.89 bits per heavy atom.